The van der Waals surface area contributed by atoms with Crippen LogP contribution in [-0.2, 0) is 16.0 Å². The van der Waals surface area contributed by atoms with Crippen LogP contribution in [0.15, 0.2) is 35.3 Å². The molecule has 260 valence electrons. The topological polar surface area (TPSA) is 105 Å². The van der Waals surface area contributed by atoms with E-state index in [0.717, 1.165) is 28.8 Å². The van der Waals surface area contributed by atoms with Crippen molar-refractivity contribution in [1.82, 2.24) is 19.8 Å². The predicted molar refractivity (Wildman–Crippen MR) is 170 cm³/mol. The Bertz CT molecular complexity index is 1730. The Balaban J connectivity index is 1.77. The molecule has 0 bridgehead atoms. The molecule has 1 aromatic heterocycles. The van der Waals surface area contributed by atoms with Crippen molar-refractivity contribution in [2.45, 2.75) is 84.5 Å². The van der Waals surface area contributed by atoms with Crippen molar-refractivity contribution in [3.05, 3.63) is 86.6 Å². The fraction of sp³-hybridized carbons (Fsp3) is 0.486. The number of rotatable bonds is 13. The molecule has 1 amide bonds. The van der Waals surface area contributed by atoms with Crippen LogP contribution in [0, 0.1) is 36.1 Å². The second-order valence-electron chi connectivity index (χ2n) is 13.6. The molecule has 0 radical (unpaired) electrons. The van der Waals surface area contributed by atoms with Crippen molar-refractivity contribution in [2.24, 2.45) is 5.92 Å². The lowest BCUT2D eigenvalue weighted by molar-refractivity contribution is -0.138. The summed E-state index contributed by atoms with van der Waals surface area (Å²) in [6, 6.07) is 0.696. The third-order valence-electron chi connectivity index (χ3n) is 8.44. The first kappa shape index (κ1) is 36.7. The van der Waals surface area contributed by atoms with Gasteiger partial charge >= 0.3 is 11.7 Å². The molecule has 0 saturated carbocycles. The number of nitrogens with one attached hydrogen (secondary N) is 1. The van der Waals surface area contributed by atoms with Gasteiger partial charge in [-0.2, -0.15) is 4.98 Å². The van der Waals surface area contributed by atoms with E-state index in [0.29, 0.717) is 24.2 Å². The molecule has 2 aromatic carbocycles. The van der Waals surface area contributed by atoms with Gasteiger partial charge < -0.3 is 10.4 Å². The van der Waals surface area contributed by atoms with Gasteiger partial charge in [-0.1, -0.05) is 33.8 Å². The van der Waals surface area contributed by atoms with E-state index in [1.165, 1.54) is 20.0 Å². The molecule has 0 spiro atoms. The molecule has 3 aromatic rings. The number of carbonyl (C=O) groups is 2. The third kappa shape index (κ3) is 8.11. The highest BCUT2D eigenvalue weighted by atomic mass is 19.2. The fourth-order valence-corrected chi connectivity index (χ4v) is 6.26. The van der Waals surface area contributed by atoms with E-state index in [2.05, 4.69) is 10.3 Å². The number of carbonyl (C=O) groups excluding carboxylic acids is 1. The molecule has 4 rings (SSSR count). The third-order valence-corrected chi connectivity index (χ3v) is 8.44. The summed E-state index contributed by atoms with van der Waals surface area (Å²) < 4.78 is 76.4. The highest BCUT2D eigenvalue weighted by Gasteiger charge is 2.38. The Morgan fingerprint density at radius 1 is 1.06 bits per heavy atom. The highest BCUT2D eigenvalue weighted by molar-refractivity contribution is 5.82. The second kappa shape index (κ2) is 14.6. The Hall–Kier alpha value is -4.13. The van der Waals surface area contributed by atoms with Crippen LogP contribution >= 0.6 is 0 Å². The van der Waals surface area contributed by atoms with E-state index < -0.39 is 81.7 Å². The molecule has 2 unspecified atom stereocenters. The number of nitrogens with zero attached hydrogens (tertiary/aromatic N) is 3. The van der Waals surface area contributed by atoms with Gasteiger partial charge in [-0.3, -0.25) is 19.1 Å². The highest BCUT2D eigenvalue weighted by Crippen LogP contribution is 2.36. The van der Waals surface area contributed by atoms with Gasteiger partial charge in [0.25, 0.3) is 0 Å². The minimum Gasteiger partial charge on any atom is -0.481 e. The number of benzene rings is 2. The maximum atomic E-state index is 16.1. The van der Waals surface area contributed by atoms with E-state index in [-0.39, 0.29) is 36.9 Å². The SMILES string of the molecule is Cc1cc(-c2c(F)cccc2F)c(F)c(C(CC(=O)O)NC(=O)C(CC(C)C)n2cc(CCN3CC(C)(F)C3)c(C(C)C)nc2=O)c1F. The summed E-state index contributed by atoms with van der Waals surface area (Å²) in [6.07, 6.45) is 1.02. The summed E-state index contributed by atoms with van der Waals surface area (Å²) in [5.41, 5.74) is -3.39. The number of carboxylic acid groups (broad SMARTS) is 1. The normalized spacial score (nSPS) is 15.8. The molecule has 1 aliphatic rings. The number of carboxylic acids is 1. The fourth-order valence-electron chi connectivity index (χ4n) is 6.26. The molecule has 8 nitrogen and oxygen atoms in total. The lowest BCUT2D eigenvalue weighted by atomic mass is 9.92. The van der Waals surface area contributed by atoms with Crippen LogP contribution in [0.2, 0.25) is 0 Å². The quantitative estimate of drug-likeness (QED) is 0.203. The molecular weight excluding hydrogens is 635 g/mol. The van der Waals surface area contributed by atoms with Crippen LogP contribution in [0.3, 0.4) is 0 Å². The largest absolute Gasteiger partial charge is 0.481 e. The average molecular weight is 677 g/mol. The predicted octanol–water partition coefficient (Wildman–Crippen LogP) is 6.40. The number of alkyl halides is 1. The molecule has 0 aliphatic carbocycles. The molecule has 1 aliphatic heterocycles. The van der Waals surface area contributed by atoms with Crippen molar-refractivity contribution in [3.8, 4) is 11.1 Å². The van der Waals surface area contributed by atoms with Gasteiger partial charge in [-0.05, 0) is 67.9 Å². The van der Waals surface area contributed by atoms with Crippen LogP contribution in [0.1, 0.15) is 87.8 Å². The van der Waals surface area contributed by atoms with Gasteiger partial charge in [-0.15, -0.1) is 0 Å². The number of amides is 1. The van der Waals surface area contributed by atoms with Gasteiger partial charge in [0.2, 0.25) is 5.91 Å². The first-order valence-corrected chi connectivity index (χ1v) is 15.9. The summed E-state index contributed by atoms with van der Waals surface area (Å²) in [7, 11) is 0. The standard InChI is InChI=1S/C35H41F5N4O4/c1-18(2)12-26(44-15-21(32(19(3)4)42-34(44)48)10-11-43-16-35(6,40)17-43)33(47)41-25(14-27(45)46)29-30(38)20(5)13-22(31(29)39)28-23(36)8-7-9-24(28)37/h7-9,13,15,18-19,25-26H,10-12,14,16-17H2,1-6H3,(H,41,47)(H,45,46). The lowest BCUT2D eigenvalue weighted by Crippen LogP contribution is -2.57. The molecule has 1 saturated heterocycles. The number of hydrogen-bond acceptors (Lipinski definition) is 5. The molecule has 2 heterocycles. The van der Waals surface area contributed by atoms with Gasteiger partial charge in [0.1, 0.15) is 35.0 Å². The molecule has 2 N–H and O–H groups in total. The van der Waals surface area contributed by atoms with Gasteiger partial charge in [0, 0.05) is 37.0 Å². The van der Waals surface area contributed by atoms with E-state index >= 15 is 8.78 Å². The number of aromatic nitrogens is 2. The number of aryl methyl sites for hydroxylation is 1. The van der Waals surface area contributed by atoms with E-state index in [1.807, 2.05) is 18.7 Å². The first-order valence-electron chi connectivity index (χ1n) is 15.9. The summed E-state index contributed by atoms with van der Waals surface area (Å²) in [5.74, 6) is -7.63. The number of hydrogen-bond donors (Lipinski definition) is 2. The van der Waals surface area contributed by atoms with E-state index in [9.17, 15) is 32.7 Å². The molecule has 48 heavy (non-hydrogen) atoms. The van der Waals surface area contributed by atoms with Crippen molar-refractivity contribution >= 4 is 11.9 Å². The van der Waals surface area contributed by atoms with Gasteiger partial charge in [0.15, 0.2) is 0 Å². The minimum absolute atomic E-state index is 0.0739. The summed E-state index contributed by atoms with van der Waals surface area (Å²) >= 11 is 0. The van der Waals surface area contributed by atoms with Crippen molar-refractivity contribution in [2.75, 3.05) is 19.6 Å². The minimum atomic E-state index is -1.82. The average Bonchev–Trinajstić information content (AvgIpc) is 2.96. The van der Waals surface area contributed by atoms with Crippen molar-refractivity contribution in [3.63, 3.8) is 0 Å². The summed E-state index contributed by atoms with van der Waals surface area (Å²) in [4.78, 5) is 45.5. The monoisotopic (exact) mass is 676 g/mol. The van der Waals surface area contributed by atoms with Crippen molar-refractivity contribution in [1.29, 1.82) is 0 Å². The maximum absolute atomic E-state index is 16.1. The Morgan fingerprint density at radius 3 is 2.23 bits per heavy atom. The smallest absolute Gasteiger partial charge is 0.348 e. The lowest BCUT2D eigenvalue weighted by Gasteiger charge is -2.42. The van der Waals surface area contributed by atoms with Crippen LogP contribution in [0.25, 0.3) is 11.1 Å². The van der Waals surface area contributed by atoms with Crippen LogP contribution in [0.5, 0.6) is 0 Å². The molecule has 2 atom stereocenters. The van der Waals surface area contributed by atoms with Crippen LogP contribution in [0.4, 0.5) is 22.0 Å². The number of aliphatic carboxylic acids is 1. The van der Waals surface area contributed by atoms with E-state index in [4.69, 9.17) is 0 Å². The zero-order valence-corrected chi connectivity index (χ0v) is 27.8. The van der Waals surface area contributed by atoms with E-state index in [1.54, 1.807) is 13.8 Å². The molecular formula is C35H41F5N4O4. The van der Waals surface area contributed by atoms with Crippen molar-refractivity contribution < 1.29 is 36.6 Å². The first-order chi connectivity index (χ1) is 22.4. The second-order valence-corrected chi connectivity index (χ2v) is 13.6. The maximum Gasteiger partial charge on any atom is 0.348 e. The Morgan fingerprint density at radius 2 is 1.69 bits per heavy atom. The number of halogens is 5. The summed E-state index contributed by atoms with van der Waals surface area (Å²) in [6.45, 7) is 11.1. The zero-order chi connectivity index (χ0) is 35.7. The molecule has 1 fully saturated rings. The molecule has 13 heteroatoms. The Labute approximate surface area is 276 Å². The van der Waals surface area contributed by atoms with Gasteiger partial charge in [-0.25, -0.2) is 26.7 Å². The van der Waals surface area contributed by atoms with Crippen LogP contribution < -0.4 is 11.0 Å². The Kier molecular flexibility index (Phi) is 11.1. The zero-order valence-electron chi connectivity index (χ0n) is 27.8. The van der Waals surface area contributed by atoms with Crippen LogP contribution in [-0.4, -0.2) is 56.7 Å². The van der Waals surface area contributed by atoms with Gasteiger partial charge in [0.05, 0.1) is 23.7 Å². The number of likely N-dealkylation sites (tertiary alicyclic amines) is 1. The summed E-state index contributed by atoms with van der Waals surface area (Å²) in [5, 5.41) is 12.1.